The van der Waals surface area contributed by atoms with Crippen molar-refractivity contribution in [2.24, 2.45) is 17.6 Å². The van der Waals surface area contributed by atoms with Crippen LogP contribution in [0.1, 0.15) is 53.9 Å². The molecular weight excluding hydrogens is 396 g/mol. The summed E-state index contributed by atoms with van der Waals surface area (Å²) >= 11 is 0. The Morgan fingerprint density at radius 2 is 1.23 bits per heavy atom. The average molecular weight is 431 g/mol. The van der Waals surface area contributed by atoms with Crippen LogP contribution in [0.25, 0.3) is 0 Å². The van der Waals surface area contributed by atoms with Crippen LogP contribution in [0.5, 0.6) is 0 Å². The molecule has 6 atom stereocenters. The second kappa shape index (κ2) is 12.8. The summed E-state index contributed by atoms with van der Waals surface area (Å²) in [5.74, 6) is -5.18. The monoisotopic (exact) mass is 430 g/mol. The van der Waals surface area contributed by atoms with Crippen molar-refractivity contribution in [1.82, 2.24) is 16.0 Å². The van der Waals surface area contributed by atoms with Gasteiger partial charge in [-0.15, -0.1) is 0 Å². The first kappa shape index (κ1) is 27.3. The van der Waals surface area contributed by atoms with Crippen LogP contribution in [0.4, 0.5) is 0 Å². The summed E-state index contributed by atoms with van der Waals surface area (Å²) in [5.41, 5.74) is 5.54. The molecule has 0 spiro atoms. The van der Waals surface area contributed by atoms with E-state index in [-0.39, 0.29) is 11.8 Å². The number of carbonyl (C=O) groups excluding carboxylic acids is 3. The second-order valence-electron chi connectivity index (χ2n) is 7.52. The van der Waals surface area contributed by atoms with Gasteiger partial charge in [-0.05, 0) is 18.8 Å². The van der Waals surface area contributed by atoms with Crippen molar-refractivity contribution in [2.45, 2.75) is 78.0 Å². The number of amides is 3. The van der Waals surface area contributed by atoms with Crippen LogP contribution in [-0.4, -0.2) is 64.0 Å². The number of carboxylic acids is 2. The van der Waals surface area contributed by atoms with Crippen molar-refractivity contribution in [2.75, 3.05) is 0 Å². The minimum atomic E-state index is -1.32. The first-order valence-electron chi connectivity index (χ1n) is 9.96. The van der Waals surface area contributed by atoms with Crippen molar-refractivity contribution in [3.05, 3.63) is 0 Å². The van der Waals surface area contributed by atoms with Crippen LogP contribution in [0.15, 0.2) is 0 Å². The molecular formula is C19H34N4O7. The molecule has 7 N–H and O–H groups in total. The molecule has 0 aliphatic carbocycles. The molecule has 30 heavy (non-hydrogen) atoms. The van der Waals surface area contributed by atoms with Crippen molar-refractivity contribution < 1.29 is 34.2 Å². The molecule has 0 aromatic carbocycles. The van der Waals surface area contributed by atoms with Crippen molar-refractivity contribution in [1.29, 1.82) is 0 Å². The summed E-state index contributed by atoms with van der Waals surface area (Å²) < 4.78 is 0. The summed E-state index contributed by atoms with van der Waals surface area (Å²) in [6.45, 7) is 8.40. The van der Waals surface area contributed by atoms with Gasteiger partial charge in [0.25, 0.3) is 0 Å². The highest BCUT2D eigenvalue weighted by Gasteiger charge is 2.32. The van der Waals surface area contributed by atoms with E-state index in [1.54, 1.807) is 27.7 Å². The Morgan fingerprint density at radius 1 is 0.767 bits per heavy atom. The molecule has 172 valence electrons. The number of nitrogens with two attached hydrogens (primary N) is 1. The standard InChI is InChI=1S/C19H34N4O7/c1-6-9(3)14(22-17(27)12(20)8-13(24)25)18(28)21-11(5)16(26)23-15(19(29)30)10(4)7-2/h9-12,14-15H,6-8,20H2,1-5H3,(H,21,28)(H,22,27)(H,23,26)(H,24,25)(H,29,30). The molecule has 0 saturated carbocycles. The molecule has 0 aliphatic rings. The fourth-order valence-corrected chi connectivity index (χ4v) is 2.57. The molecule has 11 heteroatoms. The highest BCUT2D eigenvalue weighted by Crippen LogP contribution is 2.10. The number of aliphatic carboxylic acids is 2. The lowest BCUT2D eigenvalue weighted by Crippen LogP contribution is -2.58. The third kappa shape index (κ3) is 8.76. The zero-order chi connectivity index (χ0) is 23.6. The Morgan fingerprint density at radius 3 is 1.67 bits per heavy atom. The van der Waals surface area contributed by atoms with Gasteiger partial charge in [0.1, 0.15) is 18.1 Å². The first-order valence-corrected chi connectivity index (χ1v) is 9.96. The maximum atomic E-state index is 12.7. The van der Waals surface area contributed by atoms with Gasteiger partial charge in [0, 0.05) is 0 Å². The number of nitrogens with one attached hydrogen (secondary N) is 3. The molecule has 3 amide bonds. The van der Waals surface area contributed by atoms with Gasteiger partial charge < -0.3 is 31.9 Å². The van der Waals surface area contributed by atoms with E-state index < -0.39 is 60.2 Å². The molecule has 0 saturated heterocycles. The van der Waals surface area contributed by atoms with Crippen LogP contribution in [0, 0.1) is 11.8 Å². The molecule has 0 aliphatic heterocycles. The maximum Gasteiger partial charge on any atom is 0.326 e. The van der Waals surface area contributed by atoms with Crippen LogP contribution in [-0.2, 0) is 24.0 Å². The Kier molecular flexibility index (Phi) is 11.6. The predicted molar refractivity (Wildman–Crippen MR) is 108 cm³/mol. The molecule has 11 nitrogen and oxygen atoms in total. The van der Waals surface area contributed by atoms with Crippen molar-refractivity contribution in [3.8, 4) is 0 Å². The maximum absolute atomic E-state index is 12.7. The second-order valence-corrected chi connectivity index (χ2v) is 7.52. The van der Waals surface area contributed by atoms with E-state index in [1.165, 1.54) is 6.92 Å². The highest BCUT2D eigenvalue weighted by molar-refractivity contribution is 5.94. The van der Waals surface area contributed by atoms with Crippen LogP contribution < -0.4 is 21.7 Å². The van der Waals surface area contributed by atoms with Gasteiger partial charge >= 0.3 is 11.9 Å². The van der Waals surface area contributed by atoms with Crippen LogP contribution in [0.2, 0.25) is 0 Å². The van der Waals surface area contributed by atoms with E-state index in [0.717, 1.165) is 0 Å². The lowest BCUT2D eigenvalue weighted by atomic mass is 9.97. The van der Waals surface area contributed by atoms with Crippen LogP contribution in [0.3, 0.4) is 0 Å². The van der Waals surface area contributed by atoms with E-state index in [2.05, 4.69) is 16.0 Å². The summed E-state index contributed by atoms with van der Waals surface area (Å²) in [5, 5.41) is 25.4. The summed E-state index contributed by atoms with van der Waals surface area (Å²) in [7, 11) is 0. The summed E-state index contributed by atoms with van der Waals surface area (Å²) in [6, 6.07) is -4.52. The quantitative estimate of drug-likeness (QED) is 0.224. The Labute approximate surface area is 176 Å². The molecule has 6 unspecified atom stereocenters. The zero-order valence-corrected chi connectivity index (χ0v) is 18.1. The Hall–Kier alpha value is -2.69. The molecule has 0 radical (unpaired) electrons. The lowest BCUT2D eigenvalue weighted by Gasteiger charge is -2.27. The summed E-state index contributed by atoms with van der Waals surface area (Å²) in [6.07, 6.45) is 0.463. The predicted octanol–water partition coefficient (Wildman–Crippen LogP) is -0.560. The number of carboxylic acid groups (broad SMARTS) is 2. The van der Waals surface area contributed by atoms with Gasteiger partial charge in [-0.25, -0.2) is 4.79 Å². The fourth-order valence-electron chi connectivity index (χ4n) is 2.57. The van der Waals surface area contributed by atoms with Gasteiger partial charge in [0.2, 0.25) is 17.7 Å². The van der Waals surface area contributed by atoms with Crippen molar-refractivity contribution in [3.63, 3.8) is 0 Å². The highest BCUT2D eigenvalue weighted by atomic mass is 16.4. The topological polar surface area (TPSA) is 188 Å². The van der Waals surface area contributed by atoms with E-state index in [9.17, 15) is 29.1 Å². The number of hydrogen-bond acceptors (Lipinski definition) is 6. The number of hydrogen-bond donors (Lipinski definition) is 6. The molecule has 0 aromatic rings. The third-order valence-electron chi connectivity index (χ3n) is 5.05. The van der Waals surface area contributed by atoms with E-state index in [1.807, 2.05) is 0 Å². The Balaban J connectivity index is 5.17. The van der Waals surface area contributed by atoms with Crippen molar-refractivity contribution >= 4 is 29.7 Å². The number of rotatable bonds is 13. The third-order valence-corrected chi connectivity index (χ3v) is 5.05. The van der Waals surface area contributed by atoms with Gasteiger partial charge in [0.15, 0.2) is 0 Å². The SMILES string of the molecule is CCC(C)C(NC(=O)C(C)NC(=O)C(NC(=O)C(N)CC(=O)O)C(C)CC)C(=O)O. The largest absolute Gasteiger partial charge is 0.481 e. The molecule has 0 rings (SSSR count). The molecule has 0 heterocycles. The van der Waals surface area contributed by atoms with E-state index in [4.69, 9.17) is 10.8 Å². The van der Waals surface area contributed by atoms with E-state index in [0.29, 0.717) is 12.8 Å². The minimum Gasteiger partial charge on any atom is -0.481 e. The molecule has 0 bridgehead atoms. The molecule has 0 aromatic heterocycles. The average Bonchev–Trinajstić information content (AvgIpc) is 2.67. The van der Waals surface area contributed by atoms with Gasteiger partial charge in [-0.3, -0.25) is 19.2 Å². The zero-order valence-electron chi connectivity index (χ0n) is 18.1. The smallest absolute Gasteiger partial charge is 0.326 e. The minimum absolute atomic E-state index is 0.308. The van der Waals surface area contributed by atoms with E-state index >= 15 is 0 Å². The summed E-state index contributed by atoms with van der Waals surface area (Å²) in [4.78, 5) is 59.3. The lowest BCUT2D eigenvalue weighted by molar-refractivity contribution is -0.143. The normalized spacial score (nSPS) is 16.9. The van der Waals surface area contributed by atoms with Crippen LogP contribution >= 0.6 is 0 Å². The Bertz CT molecular complexity index is 640. The fraction of sp³-hybridized carbons (Fsp3) is 0.737. The number of carbonyl (C=O) groups is 5. The molecule has 0 fully saturated rings. The van der Waals surface area contributed by atoms with Gasteiger partial charge in [-0.2, -0.15) is 0 Å². The van der Waals surface area contributed by atoms with Gasteiger partial charge in [-0.1, -0.05) is 40.5 Å². The van der Waals surface area contributed by atoms with Gasteiger partial charge in [0.05, 0.1) is 12.5 Å². The first-order chi connectivity index (χ1) is 13.8.